The Balaban J connectivity index is 1.54. The fourth-order valence-electron chi connectivity index (χ4n) is 5.17. The number of carbonyl (C=O) groups is 2. The maximum absolute atomic E-state index is 13.8. The van der Waals surface area contributed by atoms with Crippen LogP contribution < -0.4 is 5.32 Å². The minimum Gasteiger partial charge on any atom is -0.351 e. The standard InChI is InChI=1S/C26H30ClN3O2S/c1-3-20-13-21-23(33-20)14-22-24(31)30(15-17-9-11-18(27)12-10-17)26(2,16-29(21)22)25(32)28-19-7-5-4-6-8-19/h9-14,19H,3-8,15-16H2,1-2H3,(H,28,32)/t26-/m1/s1. The van der Waals surface area contributed by atoms with Crippen LogP contribution in [0.1, 0.15) is 66.9 Å². The zero-order chi connectivity index (χ0) is 23.2. The summed E-state index contributed by atoms with van der Waals surface area (Å²) in [6.07, 6.45) is 6.50. The zero-order valence-electron chi connectivity index (χ0n) is 19.2. The number of halogens is 1. The number of carbonyl (C=O) groups excluding carboxylic acids is 2. The van der Waals surface area contributed by atoms with Gasteiger partial charge in [-0.05, 0) is 56.0 Å². The summed E-state index contributed by atoms with van der Waals surface area (Å²) < 4.78 is 3.17. The second-order valence-electron chi connectivity index (χ2n) is 9.53. The fourth-order valence-corrected chi connectivity index (χ4v) is 6.34. The molecule has 2 aliphatic rings. The zero-order valence-corrected chi connectivity index (χ0v) is 20.8. The van der Waals surface area contributed by atoms with Gasteiger partial charge in [0, 0.05) is 22.5 Å². The molecule has 0 unspecified atom stereocenters. The maximum atomic E-state index is 13.8. The molecule has 3 heterocycles. The van der Waals surface area contributed by atoms with Gasteiger partial charge in [-0.25, -0.2) is 0 Å². The first-order valence-electron chi connectivity index (χ1n) is 11.9. The van der Waals surface area contributed by atoms with E-state index in [2.05, 4.69) is 22.9 Å². The SMILES string of the molecule is CCc1cc2c(cc3n2C[C@](C)(C(=O)NC2CCCCC2)N(Cc2ccc(Cl)cc2)C3=O)s1. The van der Waals surface area contributed by atoms with E-state index in [1.807, 2.05) is 37.3 Å². The molecule has 3 aromatic rings. The van der Waals surface area contributed by atoms with Gasteiger partial charge in [-0.15, -0.1) is 11.3 Å². The monoisotopic (exact) mass is 483 g/mol. The highest BCUT2D eigenvalue weighted by Crippen LogP contribution is 2.37. The Morgan fingerprint density at radius 1 is 1.18 bits per heavy atom. The van der Waals surface area contributed by atoms with Crippen LogP contribution >= 0.6 is 22.9 Å². The predicted molar refractivity (Wildman–Crippen MR) is 134 cm³/mol. The van der Waals surface area contributed by atoms with Crippen LogP contribution in [-0.4, -0.2) is 32.9 Å². The molecule has 0 bridgehead atoms. The smallest absolute Gasteiger partial charge is 0.271 e. The molecule has 2 amide bonds. The van der Waals surface area contributed by atoms with Crippen molar-refractivity contribution in [2.24, 2.45) is 0 Å². The molecule has 0 spiro atoms. The number of hydrogen-bond donors (Lipinski definition) is 1. The number of aryl methyl sites for hydroxylation is 1. The highest BCUT2D eigenvalue weighted by Gasteiger charge is 2.48. The Labute approximate surface area is 203 Å². The largest absolute Gasteiger partial charge is 0.351 e. The van der Waals surface area contributed by atoms with E-state index in [0.717, 1.165) is 47.9 Å². The van der Waals surface area contributed by atoms with Crippen LogP contribution in [0.15, 0.2) is 36.4 Å². The van der Waals surface area contributed by atoms with Gasteiger partial charge in [0.15, 0.2) is 0 Å². The van der Waals surface area contributed by atoms with Crippen LogP contribution in [0, 0.1) is 0 Å². The normalized spacial score (nSPS) is 21.4. The van der Waals surface area contributed by atoms with Gasteiger partial charge in [0.25, 0.3) is 5.91 Å². The molecule has 1 N–H and O–H groups in total. The molecule has 174 valence electrons. The molecule has 2 aromatic heterocycles. The highest BCUT2D eigenvalue weighted by atomic mass is 35.5. The van der Waals surface area contributed by atoms with Crippen molar-refractivity contribution in [1.82, 2.24) is 14.8 Å². The van der Waals surface area contributed by atoms with E-state index in [4.69, 9.17) is 11.6 Å². The lowest BCUT2D eigenvalue weighted by molar-refractivity contribution is -0.134. The lowest BCUT2D eigenvalue weighted by Gasteiger charge is -2.45. The van der Waals surface area contributed by atoms with Crippen LogP contribution in [0.2, 0.25) is 5.02 Å². The van der Waals surface area contributed by atoms with Crippen molar-refractivity contribution in [3.8, 4) is 0 Å². The van der Waals surface area contributed by atoms with Gasteiger partial charge in [0.2, 0.25) is 5.91 Å². The quantitative estimate of drug-likeness (QED) is 0.500. The van der Waals surface area contributed by atoms with Gasteiger partial charge < -0.3 is 14.8 Å². The fraction of sp³-hybridized carbons (Fsp3) is 0.462. The van der Waals surface area contributed by atoms with Gasteiger partial charge >= 0.3 is 0 Å². The van der Waals surface area contributed by atoms with Crippen molar-refractivity contribution in [3.05, 3.63) is 57.6 Å². The van der Waals surface area contributed by atoms with Gasteiger partial charge in [-0.1, -0.05) is 49.9 Å². The van der Waals surface area contributed by atoms with Crippen LogP contribution in [0.25, 0.3) is 10.2 Å². The van der Waals surface area contributed by atoms with Crippen molar-refractivity contribution in [1.29, 1.82) is 0 Å². The molecular formula is C26H30ClN3O2S. The van der Waals surface area contributed by atoms with Gasteiger partial charge in [-0.2, -0.15) is 0 Å². The second-order valence-corrected chi connectivity index (χ2v) is 11.1. The van der Waals surface area contributed by atoms with Crippen LogP contribution in [0.3, 0.4) is 0 Å². The van der Waals surface area contributed by atoms with E-state index >= 15 is 0 Å². The Hall–Kier alpha value is -2.31. The van der Waals surface area contributed by atoms with E-state index < -0.39 is 5.54 Å². The minimum atomic E-state index is -0.985. The number of thiophene rings is 1. The topological polar surface area (TPSA) is 54.3 Å². The third kappa shape index (κ3) is 4.08. The number of aromatic nitrogens is 1. The van der Waals surface area contributed by atoms with Gasteiger partial charge in [0.05, 0.1) is 16.8 Å². The van der Waals surface area contributed by atoms with Crippen molar-refractivity contribution in [2.45, 2.75) is 77.0 Å². The summed E-state index contributed by atoms with van der Waals surface area (Å²) in [7, 11) is 0. The van der Waals surface area contributed by atoms with Gasteiger partial charge in [0.1, 0.15) is 11.2 Å². The third-order valence-electron chi connectivity index (χ3n) is 7.20. The minimum absolute atomic E-state index is 0.0600. The molecule has 0 saturated heterocycles. The summed E-state index contributed by atoms with van der Waals surface area (Å²) >= 11 is 7.81. The Bertz CT molecular complexity index is 1190. The average molecular weight is 484 g/mol. The number of nitrogens with one attached hydrogen (secondary N) is 1. The summed E-state index contributed by atoms with van der Waals surface area (Å²) in [5, 5.41) is 3.95. The van der Waals surface area contributed by atoms with E-state index in [9.17, 15) is 9.59 Å². The maximum Gasteiger partial charge on any atom is 0.271 e. The van der Waals surface area contributed by atoms with Crippen LogP contribution in [0.4, 0.5) is 0 Å². The number of fused-ring (bicyclic) bond motifs is 3. The molecule has 5 nitrogen and oxygen atoms in total. The van der Waals surface area contributed by atoms with E-state index in [1.165, 1.54) is 11.3 Å². The molecule has 1 aliphatic carbocycles. The number of amides is 2. The van der Waals surface area contributed by atoms with Crippen molar-refractivity contribution in [3.63, 3.8) is 0 Å². The summed E-state index contributed by atoms with van der Waals surface area (Å²) in [6.45, 7) is 4.87. The van der Waals surface area contributed by atoms with E-state index in [0.29, 0.717) is 23.8 Å². The summed E-state index contributed by atoms with van der Waals surface area (Å²) in [5.41, 5.74) is 1.69. The molecule has 7 heteroatoms. The Morgan fingerprint density at radius 3 is 2.61 bits per heavy atom. The molecule has 1 atom stereocenters. The van der Waals surface area contributed by atoms with Crippen LogP contribution in [-0.2, 0) is 24.3 Å². The molecule has 1 aliphatic heterocycles. The summed E-state index contributed by atoms with van der Waals surface area (Å²) in [5.74, 6) is -0.158. The molecule has 1 aromatic carbocycles. The lowest BCUT2D eigenvalue weighted by atomic mass is 9.91. The average Bonchev–Trinajstić information content (AvgIpc) is 3.37. The first kappa shape index (κ1) is 22.5. The third-order valence-corrected chi connectivity index (χ3v) is 8.67. The number of nitrogens with zero attached hydrogens (tertiary/aromatic N) is 2. The molecule has 1 fully saturated rings. The molecular weight excluding hydrogens is 454 g/mol. The predicted octanol–water partition coefficient (Wildman–Crippen LogP) is 5.78. The number of hydrogen-bond acceptors (Lipinski definition) is 3. The number of benzene rings is 1. The van der Waals surface area contributed by atoms with Crippen LogP contribution in [0.5, 0.6) is 0 Å². The summed E-state index contributed by atoms with van der Waals surface area (Å²) in [6, 6.07) is 11.9. The number of rotatable bonds is 5. The highest BCUT2D eigenvalue weighted by molar-refractivity contribution is 7.19. The molecule has 0 radical (unpaired) electrons. The van der Waals surface area contributed by atoms with Crippen molar-refractivity contribution in [2.75, 3.05) is 0 Å². The van der Waals surface area contributed by atoms with Crippen molar-refractivity contribution < 1.29 is 9.59 Å². The van der Waals surface area contributed by atoms with Gasteiger partial charge in [-0.3, -0.25) is 9.59 Å². The Morgan fingerprint density at radius 2 is 1.91 bits per heavy atom. The lowest BCUT2D eigenvalue weighted by Crippen LogP contribution is -2.64. The molecule has 1 saturated carbocycles. The molecule has 33 heavy (non-hydrogen) atoms. The van der Waals surface area contributed by atoms with E-state index in [1.54, 1.807) is 16.2 Å². The first-order valence-corrected chi connectivity index (χ1v) is 13.1. The molecule has 5 rings (SSSR count). The Kier molecular flexibility index (Phi) is 6.00. The van der Waals surface area contributed by atoms with Crippen molar-refractivity contribution >= 4 is 45.0 Å². The van der Waals surface area contributed by atoms with E-state index in [-0.39, 0.29) is 17.9 Å². The first-order chi connectivity index (χ1) is 15.9. The second kappa shape index (κ2) is 8.80. The summed E-state index contributed by atoms with van der Waals surface area (Å²) in [4.78, 5) is 30.7.